The molecule has 0 aliphatic carbocycles. The zero-order valence-corrected chi connectivity index (χ0v) is 10.3. The van der Waals surface area contributed by atoms with Gasteiger partial charge in [-0.15, -0.1) is 11.3 Å². The van der Waals surface area contributed by atoms with E-state index in [1.54, 1.807) is 17.7 Å². The monoisotopic (exact) mass is 247 g/mol. The summed E-state index contributed by atoms with van der Waals surface area (Å²) in [6.07, 6.45) is 8.45. The van der Waals surface area contributed by atoms with Crippen LogP contribution in [0.3, 0.4) is 0 Å². The number of imidazole rings is 2. The smallest absolute Gasteiger partial charge is 0.193 e. The summed E-state index contributed by atoms with van der Waals surface area (Å²) >= 11 is 1.63. The van der Waals surface area contributed by atoms with Gasteiger partial charge in [-0.2, -0.15) is 0 Å². The molecule has 0 amide bonds. The van der Waals surface area contributed by atoms with Crippen LogP contribution in [0.15, 0.2) is 30.3 Å². The molecular weight excluding hydrogens is 234 g/mol. The highest BCUT2D eigenvalue weighted by molar-refractivity contribution is 7.15. The van der Waals surface area contributed by atoms with E-state index in [4.69, 9.17) is 5.73 Å². The predicted molar refractivity (Wildman–Crippen MR) is 66.9 cm³/mol. The minimum Gasteiger partial charge on any atom is -0.340 e. The maximum Gasteiger partial charge on any atom is 0.193 e. The molecule has 2 N–H and O–H groups in total. The van der Waals surface area contributed by atoms with Gasteiger partial charge in [0.15, 0.2) is 4.96 Å². The molecule has 1 unspecified atom stereocenters. The predicted octanol–water partition coefficient (Wildman–Crippen LogP) is 1.37. The normalized spacial score (nSPS) is 13.3. The largest absolute Gasteiger partial charge is 0.340 e. The van der Waals surface area contributed by atoms with E-state index >= 15 is 0 Å². The first kappa shape index (κ1) is 10.5. The van der Waals surface area contributed by atoms with Crippen molar-refractivity contribution >= 4 is 16.3 Å². The van der Waals surface area contributed by atoms with Gasteiger partial charge in [0.05, 0.1) is 23.8 Å². The Morgan fingerprint density at radius 3 is 3.06 bits per heavy atom. The molecule has 0 fully saturated rings. The molecule has 3 aromatic heterocycles. The number of aryl methyl sites for hydroxylation is 1. The Balaban J connectivity index is 1.80. The first-order valence-electron chi connectivity index (χ1n) is 5.37. The van der Waals surface area contributed by atoms with Crippen LogP contribution >= 0.6 is 11.3 Å². The van der Waals surface area contributed by atoms with Crippen molar-refractivity contribution in [3.63, 3.8) is 0 Å². The maximum atomic E-state index is 6.11. The van der Waals surface area contributed by atoms with E-state index in [9.17, 15) is 0 Å². The second kappa shape index (κ2) is 3.97. The lowest BCUT2D eigenvalue weighted by atomic mass is 10.1. The Hall–Kier alpha value is -1.66. The number of rotatable bonds is 3. The van der Waals surface area contributed by atoms with Crippen molar-refractivity contribution in [2.75, 3.05) is 0 Å². The number of thiazole rings is 1. The number of hydrogen-bond donors (Lipinski definition) is 1. The highest BCUT2D eigenvalue weighted by atomic mass is 32.1. The van der Waals surface area contributed by atoms with Crippen molar-refractivity contribution in [1.29, 1.82) is 0 Å². The number of aromatic nitrogens is 4. The summed E-state index contributed by atoms with van der Waals surface area (Å²) in [5, 5.41) is 2.02. The third kappa shape index (κ3) is 1.96. The Kier molecular flexibility index (Phi) is 2.45. The Bertz CT molecular complexity index is 606. The zero-order valence-electron chi connectivity index (χ0n) is 9.45. The van der Waals surface area contributed by atoms with Crippen LogP contribution in [0.5, 0.6) is 0 Å². The van der Waals surface area contributed by atoms with Gasteiger partial charge in [-0.1, -0.05) is 0 Å². The quantitative estimate of drug-likeness (QED) is 0.760. The van der Waals surface area contributed by atoms with Crippen LogP contribution in [0.2, 0.25) is 0 Å². The fourth-order valence-electron chi connectivity index (χ4n) is 1.83. The average Bonchev–Trinajstić information content (AvgIpc) is 2.92. The molecule has 0 aliphatic rings. The van der Waals surface area contributed by atoms with Crippen LogP contribution in [0.4, 0.5) is 0 Å². The number of nitrogens with two attached hydrogens (primary N) is 1. The molecule has 3 aromatic rings. The zero-order chi connectivity index (χ0) is 11.8. The Labute approximate surface area is 103 Å². The lowest BCUT2D eigenvalue weighted by Gasteiger charge is -2.05. The number of hydrogen-bond acceptors (Lipinski definition) is 4. The minimum absolute atomic E-state index is 0.0965. The van der Waals surface area contributed by atoms with Crippen LogP contribution < -0.4 is 5.73 Å². The van der Waals surface area contributed by atoms with Gasteiger partial charge < -0.3 is 10.3 Å². The number of nitrogens with zero attached hydrogens (tertiary/aromatic N) is 4. The van der Waals surface area contributed by atoms with Gasteiger partial charge in [0, 0.05) is 37.4 Å². The fourth-order valence-corrected chi connectivity index (χ4v) is 2.55. The molecule has 17 heavy (non-hydrogen) atoms. The molecule has 3 rings (SSSR count). The van der Waals surface area contributed by atoms with Crippen LogP contribution in [0, 0.1) is 0 Å². The third-order valence-electron chi connectivity index (χ3n) is 2.68. The van der Waals surface area contributed by atoms with Crippen LogP contribution in [0.25, 0.3) is 4.96 Å². The molecule has 88 valence electrons. The number of fused-ring (bicyclic) bond motifs is 1. The summed E-state index contributed by atoms with van der Waals surface area (Å²) in [6, 6.07) is -0.0965. The second-order valence-corrected chi connectivity index (χ2v) is 4.97. The van der Waals surface area contributed by atoms with Gasteiger partial charge in [0.2, 0.25) is 0 Å². The van der Waals surface area contributed by atoms with E-state index < -0.39 is 0 Å². The van der Waals surface area contributed by atoms with Crippen molar-refractivity contribution < 1.29 is 0 Å². The van der Waals surface area contributed by atoms with Gasteiger partial charge in [-0.3, -0.25) is 4.40 Å². The van der Waals surface area contributed by atoms with Crippen LogP contribution in [-0.4, -0.2) is 18.9 Å². The van der Waals surface area contributed by atoms with Crippen LogP contribution in [-0.2, 0) is 13.5 Å². The lowest BCUT2D eigenvalue weighted by Crippen LogP contribution is -2.14. The Morgan fingerprint density at radius 2 is 2.35 bits per heavy atom. The molecule has 0 saturated carbocycles. The summed E-state index contributed by atoms with van der Waals surface area (Å²) < 4.78 is 3.92. The minimum atomic E-state index is -0.0965. The standard InChI is InChI=1S/C11H13N5S/c1-15-6-10(13-7-15)9(12)4-8-5-16-2-3-17-11(16)14-8/h2-3,5-7,9H,4,12H2,1H3. The van der Waals surface area contributed by atoms with Crippen molar-refractivity contribution in [1.82, 2.24) is 18.9 Å². The molecule has 0 radical (unpaired) electrons. The van der Waals surface area contributed by atoms with E-state index in [1.165, 1.54) is 0 Å². The fraction of sp³-hybridized carbons (Fsp3) is 0.273. The topological polar surface area (TPSA) is 61.1 Å². The summed E-state index contributed by atoms with van der Waals surface area (Å²) in [7, 11) is 1.94. The highest BCUT2D eigenvalue weighted by Gasteiger charge is 2.12. The molecule has 0 bridgehead atoms. The third-order valence-corrected chi connectivity index (χ3v) is 3.45. The summed E-state index contributed by atoms with van der Waals surface area (Å²) in [5.74, 6) is 0. The highest BCUT2D eigenvalue weighted by Crippen LogP contribution is 2.16. The van der Waals surface area contributed by atoms with E-state index in [2.05, 4.69) is 9.97 Å². The summed E-state index contributed by atoms with van der Waals surface area (Å²) in [4.78, 5) is 9.78. The van der Waals surface area contributed by atoms with Crippen molar-refractivity contribution in [2.24, 2.45) is 12.8 Å². The van der Waals surface area contributed by atoms with Gasteiger partial charge in [-0.25, -0.2) is 9.97 Å². The molecule has 0 saturated heterocycles. The van der Waals surface area contributed by atoms with Gasteiger partial charge in [-0.05, 0) is 0 Å². The first-order chi connectivity index (χ1) is 8.22. The molecule has 3 heterocycles. The molecule has 0 spiro atoms. The summed E-state index contributed by atoms with van der Waals surface area (Å²) in [6.45, 7) is 0. The molecule has 0 aliphatic heterocycles. The van der Waals surface area contributed by atoms with Crippen molar-refractivity contribution in [2.45, 2.75) is 12.5 Å². The molecule has 1 atom stereocenters. The van der Waals surface area contributed by atoms with Crippen molar-refractivity contribution in [3.8, 4) is 0 Å². The van der Waals surface area contributed by atoms with Gasteiger partial charge in [0.25, 0.3) is 0 Å². The van der Waals surface area contributed by atoms with E-state index in [-0.39, 0.29) is 6.04 Å². The second-order valence-electron chi connectivity index (χ2n) is 4.10. The SMILES string of the molecule is Cn1cnc(C(N)Cc2cn3ccsc3n2)c1. The van der Waals surface area contributed by atoms with E-state index in [0.717, 1.165) is 16.3 Å². The lowest BCUT2D eigenvalue weighted by molar-refractivity contribution is 0.690. The van der Waals surface area contributed by atoms with Gasteiger partial charge >= 0.3 is 0 Å². The van der Waals surface area contributed by atoms with Crippen LogP contribution in [0.1, 0.15) is 17.4 Å². The average molecular weight is 247 g/mol. The molecular formula is C11H13N5S. The first-order valence-corrected chi connectivity index (χ1v) is 6.25. The molecule has 5 nitrogen and oxygen atoms in total. The van der Waals surface area contributed by atoms with Gasteiger partial charge in [0.1, 0.15) is 0 Å². The molecule has 0 aromatic carbocycles. The van der Waals surface area contributed by atoms with E-state index in [1.807, 2.05) is 40.0 Å². The summed E-state index contributed by atoms with van der Waals surface area (Å²) in [5.41, 5.74) is 8.02. The van der Waals surface area contributed by atoms with Crippen molar-refractivity contribution in [3.05, 3.63) is 41.7 Å². The maximum absolute atomic E-state index is 6.11. The Morgan fingerprint density at radius 1 is 1.47 bits per heavy atom. The van der Waals surface area contributed by atoms with E-state index in [0.29, 0.717) is 6.42 Å². The molecule has 6 heteroatoms.